The highest BCUT2D eigenvalue weighted by Gasteiger charge is 2.21. The minimum absolute atomic E-state index is 0.172. The van der Waals surface area contributed by atoms with E-state index in [-0.39, 0.29) is 6.04 Å². The fourth-order valence-electron chi connectivity index (χ4n) is 3.03. The van der Waals surface area contributed by atoms with E-state index < -0.39 is 0 Å². The summed E-state index contributed by atoms with van der Waals surface area (Å²) in [6, 6.07) is 10.5. The van der Waals surface area contributed by atoms with Crippen LogP contribution in [0.25, 0.3) is 10.9 Å². The van der Waals surface area contributed by atoms with E-state index in [1.807, 2.05) is 18.3 Å². The van der Waals surface area contributed by atoms with Gasteiger partial charge in [-0.05, 0) is 42.9 Å². The van der Waals surface area contributed by atoms with Crippen molar-refractivity contribution in [1.82, 2.24) is 10.4 Å². The quantitative estimate of drug-likeness (QED) is 0.663. The maximum Gasteiger partial charge on any atom is 0.0705 e. The van der Waals surface area contributed by atoms with Crippen LogP contribution in [0.2, 0.25) is 0 Å². The molecule has 1 aromatic heterocycles. The van der Waals surface area contributed by atoms with Crippen LogP contribution in [0.5, 0.6) is 0 Å². The Labute approximate surface area is 119 Å². The van der Waals surface area contributed by atoms with Gasteiger partial charge in [0.15, 0.2) is 0 Å². The van der Waals surface area contributed by atoms with Crippen molar-refractivity contribution >= 4 is 10.9 Å². The van der Waals surface area contributed by atoms with Gasteiger partial charge < -0.3 is 4.74 Å². The van der Waals surface area contributed by atoms with Crippen molar-refractivity contribution in [1.29, 1.82) is 0 Å². The minimum Gasteiger partial charge on any atom is -0.381 e. The second kappa shape index (κ2) is 6.31. The van der Waals surface area contributed by atoms with Crippen LogP contribution in [0, 0.1) is 5.92 Å². The number of nitrogens with two attached hydrogens (primary N) is 1. The van der Waals surface area contributed by atoms with Gasteiger partial charge in [0.2, 0.25) is 0 Å². The van der Waals surface area contributed by atoms with Crippen LogP contribution >= 0.6 is 0 Å². The molecular formula is C16H21N3O. The van der Waals surface area contributed by atoms with Crippen molar-refractivity contribution in [3.8, 4) is 0 Å². The molecule has 0 radical (unpaired) electrons. The van der Waals surface area contributed by atoms with Crippen molar-refractivity contribution in [3.63, 3.8) is 0 Å². The molecule has 4 nitrogen and oxygen atoms in total. The first-order valence-corrected chi connectivity index (χ1v) is 7.26. The molecule has 1 fully saturated rings. The van der Waals surface area contributed by atoms with Crippen LogP contribution in [0.4, 0.5) is 0 Å². The first kappa shape index (κ1) is 13.5. The Morgan fingerprint density at radius 1 is 1.25 bits per heavy atom. The molecule has 0 aliphatic carbocycles. The van der Waals surface area contributed by atoms with Crippen molar-refractivity contribution in [3.05, 3.63) is 42.1 Å². The maximum atomic E-state index is 5.81. The van der Waals surface area contributed by atoms with Crippen LogP contribution < -0.4 is 11.3 Å². The molecule has 1 saturated heterocycles. The maximum absolute atomic E-state index is 5.81. The number of pyridine rings is 1. The molecule has 1 aromatic carbocycles. The van der Waals surface area contributed by atoms with E-state index in [2.05, 4.69) is 28.6 Å². The molecule has 0 spiro atoms. The Balaban J connectivity index is 1.86. The SMILES string of the molecule is NNC(CC1CCOCC1)c1cccc2ncccc12. The smallest absolute Gasteiger partial charge is 0.0705 e. The Morgan fingerprint density at radius 2 is 2.10 bits per heavy atom. The van der Waals surface area contributed by atoms with Crippen LogP contribution in [-0.4, -0.2) is 18.2 Å². The van der Waals surface area contributed by atoms with Gasteiger partial charge in [-0.2, -0.15) is 0 Å². The zero-order valence-corrected chi connectivity index (χ0v) is 11.6. The van der Waals surface area contributed by atoms with Gasteiger partial charge in [0.1, 0.15) is 0 Å². The number of benzene rings is 1. The molecule has 1 unspecified atom stereocenters. The van der Waals surface area contributed by atoms with Crippen molar-refractivity contribution < 1.29 is 4.74 Å². The van der Waals surface area contributed by atoms with Crippen molar-refractivity contribution in [2.75, 3.05) is 13.2 Å². The number of fused-ring (bicyclic) bond motifs is 1. The fraction of sp³-hybridized carbons (Fsp3) is 0.438. The highest BCUT2D eigenvalue weighted by molar-refractivity contribution is 5.82. The van der Waals surface area contributed by atoms with Gasteiger partial charge in [0, 0.05) is 30.8 Å². The summed E-state index contributed by atoms with van der Waals surface area (Å²) in [6.45, 7) is 1.75. The van der Waals surface area contributed by atoms with E-state index in [1.165, 1.54) is 10.9 Å². The lowest BCUT2D eigenvalue weighted by molar-refractivity contribution is 0.0605. The average Bonchev–Trinajstić information content (AvgIpc) is 2.53. The fourth-order valence-corrected chi connectivity index (χ4v) is 3.03. The van der Waals surface area contributed by atoms with E-state index in [1.54, 1.807) is 0 Å². The van der Waals surface area contributed by atoms with E-state index in [0.717, 1.165) is 38.0 Å². The normalized spacial score (nSPS) is 18.2. The molecule has 0 amide bonds. The molecule has 0 bridgehead atoms. The third-order valence-electron chi connectivity index (χ3n) is 4.17. The predicted molar refractivity (Wildman–Crippen MR) is 80.0 cm³/mol. The van der Waals surface area contributed by atoms with E-state index >= 15 is 0 Å². The Hall–Kier alpha value is -1.49. The molecule has 3 N–H and O–H groups in total. The van der Waals surface area contributed by atoms with E-state index in [4.69, 9.17) is 10.6 Å². The Kier molecular flexibility index (Phi) is 4.25. The molecule has 1 aliphatic rings. The Bertz CT molecular complexity index is 561. The van der Waals surface area contributed by atoms with Gasteiger partial charge in [-0.25, -0.2) is 0 Å². The van der Waals surface area contributed by atoms with Crippen LogP contribution in [0.15, 0.2) is 36.5 Å². The number of hydrogen-bond acceptors (Lipinski definition) is 4. The number of rotatable bonds is 4. The summed E-state index contributed by atoms with van der Waals surface area (Å²) < 4.78 is 5.43. The summed E-state index contributed by atoms with van der Waals surface area (Å²) in [4.78, 5) is 4.42. The summed E-state index contributed by atoms with van der Waals surface area (Å²) in [5.41, 5.74) is 5.25. The third kappa shape index (κ3) is 2.82. The minimum atomic E-state index is 0.172. The standard InChI is InChI=1S/C16H21N3O/c17-19-16(11-12-6-9-20-10-7-12)14-3-1-5-15-13(14)4-2-8-18-15/h1-5,8,12,16,19H,6-7,9-11,17H2. The summed E-state index contributed by atoms with van der Waals surface area (Å²) >= 11 is 0. The zero-order chi connectivity index (χ0) is 13.8. The number of ether oxygens (including phenoxy) is 1. The molecule has 106 valence electrons. The molecule has 3 rings (SSSR count). The largest absolute Gasteiger partial charge is 0.381 e. The topological polar surface area (TPSA) is 60.2 Å². The van der Waals surface area contributed by atoms with Gasteiger partial charge in [0.25, 0.3) is 0 Å². The number of nitrogens with zero attached hydrogens (tertiary/aromatic N) is 1. The molecular weight excluding hydrogens is 250 g/mol. The monoisotopic (exact) mass is 271 g/mol. The van der Waals surface area contributed by atoms with Crippen LogP contribution in [0.3, 0.4) is 0 Å². The first-order valence-electron chi connectivity index (χ1n) is 7.26. The van der Waals surface area contributed by atoms with Crippen molar-refractivity contribution in [2.24, 2.45) is 11.8 Å². The highest BCUT2D eigenvalue weighted by Crippen LogP contribution is 2.30. The van der Waals surface area contributed by atoms with Gasteiger partial charge >= 0.3 is 0 Å². The van der Waals surface area contributed by atoms with Crippen LogP contribution in [0.1, 0.15) is 30.9 Å². The van der Waals surface area contributed by atoms with Gasteiger partial charge in [0.05, 0.1) is 5.52 Å². The van der Waals surface area contributed by atoms with E-state index in [0.29, 0.717) is 5.92 Å². The lowest BCUT2D eigenvalue weighted by atomic mass is 9.88. The first-order chi connectivity index (χ1) is 9.88. The number of hydrazine groups is 1. The molecule has 20 heavy (non-hydrogen) atoms. The number of hydrogen-bond donors (Lipinski definition) is 2. The van der Waals surface area contributed by atoms with Crippen molar-refractivity contribution in [2.45, 2.75) is 25.3 Å². The lowest BCUT2D eigenvalue weighted by Gasteiger charge is -2.27. The summed E-state index contributed by atoms with van der Waals surface area (Å²) in [6.07, 6.45) is 5.13. The number of aromatic nitrogens is 1. The van der Waals surface area contributed by atoms with Gasteiger partial charge in [-0.1, -0.05) is 18.2 Å². The van der Waals surface area contributed by atoms with E-state index in [9.17, 15) is 0 Å². The molecule has 2 aromatic rings. The summed E-state index contributed by atoms with van der Waals surface area (Å²) in [5.74, 6) is 6.49. The molecule has 0 saturated carbocycles. The molecule has 2 heterocycles. The summed E-state index contributed by atoms with van der Waals surface area (Å²) in [7, 11) is 0. The zero-order valence-electron chi connectivity index (χ0n) is 11.6. The lowest BCUT2D eigenvalue weighted by Crippen LogP contribution is -2.31. The molecule has 4 heteroatoms. The average molecular weight is 271 g/mol. The van der Waals surface area contributed by atoms with Crippen LogP contribution in [-0.2, 0) is 4.74 Å². The number of nitrogens with one attached hydrogen (secondary N) is 1. The molecule has 1 aliphatic heterocycles. The second-order valence-corrected chi connectivity index (χ2v) is 5.43. The van der Waals surface area contributed by atoms with Gasteiger partial charge in [-0.15, -0.1) is 0 Å². The second-order valence-electron chi connectivity index (χ2n) is 5.43. The third-order valence-corrected chi connectivity index (χ3v) is 4.17. The summed E-state index contributed by atoms with van der Waals surface area (Å²) in [5, 5.41) is 1.19. The molecule has 1 atom stereocenters. The Morgan fingerprint density at radius 3 is 2.90 bits per heavy atom. The highest BCUT2D eigenvalue weighted by atomic mass is 16.5. The van der Waals surface area contributed by atoms with Gasteiger partial charge in [-0.3, -0.25) is 16.3 Å². The predicted octanol–water partition coefficient (Wildman–Crippen LogP) is 2.56.